The monoisotopic (exact) mass is 304 g/mol. The fraction of sp³-hybridized carbons (Fsp3) is 0.0714. The summed E-state index contributed by atoms with van der Waals surface area (Å²) >= 11 is 3.41. The van der Waals surface area contributed by atoms with E-state index in [-0.39, 0.29) is 5.56 Å². The standard InChI is InChI=1S/C14H10BrFN2/c1-9-7-10(5-6-12(9)15)18-14-4-2-3-13(16)11(14)8-17/h2-7,18H,1H3. The van der Waals surface area contributed by atoms with E-state index in [4.69, 9.17) is 5.26 Å². The van der Waals surface area contributed by atoms with Gasteiger partial charge in [0, 0.05) is 10.2 Å². The molecule has 4 heteroatoms. The second-order valence-corrected chi connectivity index (χ2v) is 4.72. The number of nitriles is 1. The Morgan fingerprint density at radius 3 is 2.72 bits per heavy atom. The van der Waals surface area contributed by atoms with Crippen molar-refractivity contribution in [3.05, 3.63) is 57.8 Å². The highest BCUT2D eigenvalue weighted by molar-refractivity contribution is 9.10. The Morgan fingerprint density at radius 1 is 1.28 bits per heavy atom. The van der Waals surface area contributed by atoms with Crippen LogP contribution < -0.4 is 5.32 Å². The van der Waals surface area contributed by atoms with Crippen LogP contribution in [0.5, 0.6) is 0 Å². The van der Waals surface area contributed by atoms with Gasteiger partial charge in [0.1, 0.15) is 17.4 Å². The summed E-state index contributed by atoms with van der Waals surface area (Å²) in [6, 6.07) is 12.1. The molecule has 0 saturated heterocycles. The van der Waals surface area contributed by atoms with Gasteiger partial charge in [-0.1, -0.05) is 22.0 Å². The number of rotatable bonds is 2. The molecule has 0 aliphatic heterocycles. The van der Waals surface area contributed by atoms with E-state index < -0.39 is 5.82 Å². The van der Waals surface area contributed by atoms with Crippen molar-refractivity contribution < 1.29 is 4.39 Å². The molecule has 1 N–H and O–H groups in total. The fourth-order valence-electron chi connectivity index (χ4n) is 1.62. The van der Waals surface area contributed by atoms with Gasteiger partial charge in [-0.2, -0.15) is 5.26 Å². The molecular weight excluding hydrogens is 295 g/mol. The highest BCUT2D eigenvalue weighted by atomic mass is 79.9. The lowest BCUT2D eigenvalue weighted by Gasteiger charge is -2.10. The maximum absolute atomic E-state index is 13.4. The van der Waals surface area contributed by atoms with Gasteiger partial charge in [0.05, 0.1) is 5.69 Å². The Labute approximate surface area is 113 Å². The summed E-state index contributed by atoms with van der Waals surface area (Å²) in [4.78, 5) is 0. The van der Waals surface area contributed by atoms with Crippen LogP contribution in [0.4, 0.5) is 15.8 Å². The maximum atomic E-state index is 13.4. The minimum Gasteiger partial charge on any atom is -0.354 e. The zero-order valence-corrected chi connectivity index (χ0v) is 11.3. The first-order valence-electron chi connectivity index (χ1n) is 5.33. The Balaban J connectivity index is 2.37. The molecule has 0 atom stereocenters. The van der Waals surface area contributed by atoms with E-state index in [1.165, 1.54) is 6.07 Å². The van der Waals surface area contributed by atoms with Gasteiger partial charge in [0.25, 0.3) is 0 Å². The maximum Gasteiger partial charge on any atom is 0.143 e. The number of nitrogens with zero attached hydrogens (tertiary/aromatic N) is 1. The van der Waals surface area contributed by atoms with Crippen molar-refractivity contribution >= 4 is 27.3 Å². The molecule has 2 nitrogen and oxygen atoms in total. The lowest BCUT2D eigenvalue weighted by Crippen LogP contribution is -1.96. The zero-order chi connectivity index (χ0) is 13.1. The van der Waals surface area contributed by atoms with E-state index in [9.17, 15) is 4.39 Å². The van der Waals surface area contributed by atoms with Gasteiger partial charge >= 0.3 is 0 Å². The molecule has 2 rings (SSSR count). The van der Waals surface area contributed by atoms with Crippen LogP contribution in [-0.2, 0) is 0 Å². The minimum atomic E-state index is -0.517. The quantitative estimate of drug-likeness (QED) is 0.886. The van der Waals surface area contributed by atoms with Crippen LogP contribution in [-0.4, -0.2) is 0 Å². The number of halogens is 2. The third-order valence-corrected chi connectivity index (χ3v) is 3.45. The van der Waals surface area contributed by atoms with E-state index in [2.05, 4.69) is 21.2 Å². The summed E-state index contributed by atoms with van der Waals surface area (Å²) < 4.78 is 14.4. The molecule has 0 saturated carbocycles. The average molecular weight is 305 g/mol. The predicted octanol–water partition coefficient (Wildman–Crippen LogP) is 4.51. The molecule has 0 fully saturated rings. The molecule has 0 amide bonds. The first-order chi connectivity index (χ1) is 8.61. The number of anilines is 2. The highest BCUT2D eigenvalue weighted by Gasteiger charge is 2.08. The van der Waals surface area contributed by atoms with Gasteiger partial charge in [-0.15, -0.1) is 0 Å². The number of hydrogen-bond acceptors (Lipinski definition) is 2. The Kier molecular flexibility index (Phi) is 3.63. The van der Waals surface area contributed by atoms with Crippen molar-refractivity contribution in [2.75, 3.05) is 5.32 Å². The number of benzene rings is 2. The van der Waals surface area contributed by atoms with Crippen molar-refractivity contribution in [3.63, 3.8) is 0 Å². The molecule has 0 radical (unpaired) electrons. The van der Waals surface area contributed by atoms with Crippen molar-refractivity contribution in [2.24, 2.45) is 0 Å². The van der Waals surface area contributed by atoms with Gasteiger partial charge in [-0.25, -0.2) is 4.39 Å². The van der Waals surface area contributed by atoms with Gasteiger partial charge in [-0.05, 0) is 42.8 Å². The van der Waals surface area contributed by atoms with Crippen molar-refractivity contribution in [3.8, 4) is 6.07 Å². The molecule has 0 unspecified atom stereocenters. The van der Waals surface area contributed by atoms with E-state index in [1.54, 1.807) is 12.1 Å². The van der Waals surface area contributed by atoms with E-state index >= 15 is 0 Å². The van der Waals surface area contributed by atoms with Crippen molar-refractivity contribution in [2.45, 2.75) is 6.92 Å². The van der Waals surface area contributed by atoms with Crippen LogP contribution >= 0.6 is 15.9 Å². The van der Waals surface area contributed by atoms with Gasteiger partial charge in [-0.3, -0.25) is 0 Å². The smallest absolute Gasteiger partial charge is 0.143 e. The van der Waals surface area contributed by atoms with Crippen LogP contribution in [0, 0.1) is 24.1 Å². The molecule has 0 bridgehead atoms. The number of hydrogen-bond donors (Lipinski definition) is 1. The summed E-state index contributed by atoms with van der Waals surface area (Å²) in [6.07, 6.45) is 0. The summed E-state index contributed by atoms with van der Waals surface area (Å²) in [5.74, 6) is -0.517. The highest BCUT2D eigenvalue weighted by Crippen LogP contribution is 2.25. The third-order valence-electron chi connectivity index (χ3n) is 2.56. The molecule has 0 aliphatic carbocycles. The molecule has 0 spiro atoms. The summed E-state index contributed by atoms with van der Waals surface area (Å²) in [5.41, 5.74) is 2.38. The first kappa shape index (κ1) is 12.6. The minimum absolute atomic E-state index is 0.0260. The molecule has 0 aromatic heterocycles. The molecule has 90 valence electrons. The fourth-order valence-corrected chi connectivity index (χ4v) is 1.87. The van der Waals surface area contributed by atoms with Crippen LogP contribution in [0.15, 0.2) is 40.9 Å². The molecule has 0 aliphatic rings. The molecule has 18 heavy (non-hydrogen) atoms. The van der Waals surface area contributed by atoms with E-state index in [0.29, 0.717) is 5.69 Å². The largest absolute Gasteiger partial charge is 0.354 e. The number of aryl methyl sites for hydroxylation is 1. The third kappa shape index (κ3) is 2.52. The van der Waals surface area contributed by atoms with Crippen LogP contribution in [0.2, 0.25) is 0 Å². The number of nitrogens with one attached hydrogen (secondary N) is 1. The molecule has 0 heterocycles. The van der Waals surface area contributed by atoms with Crippen LogP contribution in [0.3, 0.4) is 0 Å². The van der Waals surface area contributed by atoms with Gasteiger partial charge < -0.3 is 5.32 Å². The Morgan fingerprint density at radius 2 is 2.06 bits per heavy atom. The zero-order valence-electron chi connectivity index (χ0n) is 9.67. The Hall–Kier alpha value is -1.86. The van der Waals surface area contributed by atoms with Crippen LogP contribution in [0.1, 0.15) is 11.1 Å². The van der Waals surface area contributed by atoms with Crippen LogP contribution in [0.25, 0.3) is 0 Å². The molecule has 2 aromatic carbocycles. The van der Waals surface area contributed by atoms with E-state index in [1.807, 2.05) is 31.2 Å². The van der Waals surface area contributed by atoms with Crippen molar-refractivity contribution in [1.29, 1.82) is 5.26 Å². The van der Waals surface area contributed by atoms with Gasteiger partial charge in [0.2, 0.25) is 0 Å². The Bertz CT molecular complexity index is 632. The lowest BCUT2D eigenvalue weighted by molar-refractivity contribution is 0.624. The summed E-state index contributed by atoms with van der Waals surface area (Å²) in [7, 11) is 0. The lowest BCUT2D eigenvalue weighted by atomic mass is 10.1. The molecular formula is C14H10BrFN2. The first-order valence-corrected chi connectivity index (χ1v) is 6.13. The SMILES string of the molecule is Cc1cc(Nc2cccc(F)c2C#N)ccc1Br. The average Bonchev–Trinajstić information content (AvgIpc) is 2.34. The van der Waals surface area contributed by atoms with E-state index in [0.717, 1.165) is 15.7 Å². The summed E-state index contributed by atoms with van der Waals surface area (Å²) in [5, 5.41) is 12.0. The van der Waals surface area contributed by atoms with Gasteiger partial charge in [0.15, 0.2) is 0 Å². The topological polar surface area (TPSA) is 35.8 Å². The normalized spacial score (nSPS) is 9.89. The summed E-state index contributed by atoms with van der Waals surface area (Å²) in [6.45, 7) is 1.96. The second-order valence-electron chi connectivity index (χ2n) is 3.86. The second kappa shape index (κ2) is 5.19. The molecule has 2 aromatic rings. The predicted molar refractivity (Wildman–Crippen MR) is 73.3 cm³/mol. The van der Waals surface area contributed by atoms with Crippen molar-refractivity contribution in [1.82, 2.24) is 0 Å².